The van der Waals surface area contributed by atoms with E-state index in [0.717, 1.165) is 6.42 Å². The molecule has 0 aliphatic carbocycles. The number of nitrogens with two attached hydrogens (primary N) is 1. The maximum absolute atomic E-state index is 8.24. The molecule has 0 spiro atoms. The molecule has 0 fully saturated rings. The SMILES string of the molecule is CCC(N)[Si]O. The van der Waals surface area contributed by atoms with Gasteiger partial charge in [0.2, 0.25) is 9.76 Å². The maximum Gasteiger partial charge on any atom is 0.243 e. The fourth-order valence-electron chi connectivity index (χ4n) is 0.0913. The largest absolute Gasteiger partial charge is 0.430 e. The molecular weight excluding hydrogens is 94.1 g/mol. The molecule has 0 bridgehead atoms. The predicted molar refractivity (Wildman–Crippen MR) is 26.2 cm³/mol. The Labute approximate surface area is 40.3 Å². The van der Waals surface area contributed by atoms with Gasteiger partial charge in [0.1, 0.15) is 0 Å². The molecule has 0 saturated carbocycles. The molecule has 2 nitrogen and oxygen atoms in total. The molecule has 0 aromatic rings. The zero-order valence-electron chi connectivity index (χ0n) is 3.81. The summed E-state index contributed by atoms with van der Waals surface area (Å²) in [4.78, 5) is 8.24. The van der Waals surface area contributed by atoms with Gasteiger partial charge < -0.3 is 10.5 Å². The number of hydrogen-bond acceptors (Lipinski definition) is 2. The summed E-state index contributed by atoms with van der Waals surface area (Å²) in [6, 6.07) is 0. The second-order valence-electron chi connectivity index (χ2n) is 1.14. The summed E-state index contributed by atoms with van der Waals surface area (Å²) in [7, 11) is -0.0907. The molecule has 0 rings (SSSR count). The molecule has 1 atom stereocenters. The lowest BCUT2D eigenvalue weighted by Crippen LogP contribution is -2.25. The Morgan fingerprint density at radius 1 is 2.00 bits per heavy atom. The lowest BCUT2D eigenvalue weighted by Gasteiger charge is -1.96. The monoisotopic (exact) mass is 103 g/mol. The molecule has 0 aliphatic heterocycles. The van der Waals surface area contributed by atoms with Crippen molar-refractivity contribution in [2.75, 3.05) is 0 Å². The summed E-state index contributed by atoms with van der Waals surface area (Å²) in [6.45, 7) is 1.95. The van der Waals surface area contributed by atoms with E-state index >= 15 is 0 Å². The first-order chi connectivity index (χ1) is 2.81. The quantitative estimate of drug-likeness (QED) is 0.454. The predicted octanol–water partition coefficient (Wildman–Crippen LogP) is -0.707. The third-order valence-corrected chi connectivity index (χ3v) is 1.35. The smallest absolute Gasteiger partial charge is 0.243 e. The minimum Gasteiger partial charge on any atom is -0.430 e. The van der Waals surface area contributed by atoms with Crippen molar-refractivity contribution >= 4 is 9.76 Å². The highest BCUT2D eigenvalue weighted by Crippen LogP contribution is 1.76. The van der Waals surface area contributed by atoms with Crippen LogP contribution in [0.4, 0.5) is 0 Å². The highest BCUT2D eigenvalue weighted by molar-refractivity contribution is 6.27. The molecule has 0 aromatic carbocycles. The summed E-state index contributed by atoms with van der Waals surface area (Å²) in [6.07, 6.45) is 0.870. The fraction of sp³-hybridized carbons (Fsp3) is 1.00. The standard InChI is InChI=1S/C3H9NOSi/c1-2-3(4)6-5/h3,5H,2,4H2,1H3. The minimum atomic E-state index is -0.0907. The van der Waals surface area contributed by atoms with Crippen molar-refractivity contribution in [3.8, 4) is 0 Å². The molecule has 6 heavy (non-hydrogen) atoms. The van der Waals surface area contributed by atoms with Crippen LogP contribution in [0.15, 0.2) is 0 Å². The van der Waals surface area contributed by atoms with Crippen LogP contribution in [0.1, 0.15) is 13.3 Å². The van der Waals surface area contributed by atoms with Crippen molar-refractivity contribution in [2.24, 2.45) is 5.73 Å². The molecule has 0 amide bonds. The first kappa shape index (κ1) is 6.14. The van der Waals surface area contributed by atoms with E-state index < -0.39 is 0 Å². The number of hydrogen-bond donors (Lipinski definition) is 2. The van der Waals surface area contributed by atoms with Gasteiger partial charge >= 0.3 is 0 Å². The van der Waals surface area contributed by atoms with Gasteiger partial charge in [0.05, 0.1) is 0 Å². The molecule has 3 N–H and O–H groups in total. The van der Waals surface area contributed by atoms with Crippen LogP contribution in [0.5, 0.6) is 0 Å². The molecule has 0 heterocycles. The molecule has 0 aliphatic rings. The molecule has 36 valence electrons. The Hall–Kier alpha value is 0.137. The Kier molecular flexibility index (Phi) is 3.41. The highest BCUT2D eigenvalue weighted by Gasteiger charge is 1.93. The summed E-state index contributed by atoms with van der Waals surface area (Å²) in [5.74, 6) is 0. The van der Waals surface area contributed by atoms with Crippen LogP contribution in [0.2, 0.25) is 0 Å². The van der Waals surface area contributed by atoms with Crippen LogP contribution in [0, 0.1) is 0 Å². The molecule has 1 unspecified atom stereocenters. The van der Waals surface area contributed by atoms with E-state index in [9.17, 15) is 0 Å². The van der Waals surface area contributed by atoms with Gasteiger partial charge in [-0.2, -0.15) is 0 Å². The van der Waals surface area contributed by atoms with Crippen LogP contribution in [0.3, 0.4) is 0 Å². The van der Waals surface area contributed by atoms with Crippen LogP contribution < -0.4 is 5.73 Å². The van der Waals surface area contributed by atoms with Crippen molar-refractivity contribution in [3.05, 3.63) is 0 Å². The first-order valence-corrected chi connectivity index (χ1v) is 2.99. The van der Waals surface area contributed by atoms with Gasteiger partial charge in [0.25, 0.3) is 0 Å². The second-order valence-corrected chi connectivity index (χ2v) is 2.14. The van der Waals surface area contributed by atoms with Crippen LogP contribution >= 0.6 is 0 Å². The Morgan fingerprint density at radius 2 is 2.50 bits per heavy atom. The van der Waals surface area contributed by atoms with Crippen molar-refractivity contribution in [3.63, 3.8) is 0 Å². The van der Waals surface area contributed by atoms with E-state index in [-0.39, 0.29) is 15.4 Å². The summed E-state index contributed by atoms with van der Waals surface area (Å²) in [5, 5.41) is 0. The van der Waals surface area contributed by atoms with Crippen molar-refractivity contribution in [2.45, 2.75) is 19.0 Å². The average molecular weight is 103 g/mol. The highest BCUT2D eigenvalue weighted by atomic mass is 28.2. The van der Waals surface area contributed by atoms with E-state index in [1.54, 1.807) is 0 Å². The van der Waals surface area contributed by atoms with E-state index in [0.29, 0.717) is 0 Å². The lowest BCUT2D eigenvalue weighted by molar-refractivity contribution is 0.575. The Bertz CT molecular complexity index is 30.0. The molecular formula is C3H9NOSi. The molecule has 3 heteroatoms. The van der Waals surface area contributed by atoms with E-state index in [1.807, 2.05) is 6.92 Å². The van der Waals surface area contributed by atoms with E-state index in [1.165, 1.54) is 0 Å². The van der Waals surface area contributed by atoms with Gasteiger partial charge in [0.15, 0.2) is 0 Å². The number of rotatable bonds is 2. The third kappa shape index (κ3) is 2.38. The second kappa shape index (κ2) is 3.33. The normalized spacial score (nSPS) is 14.5. The van der Waals surface area contributed by atoms with Crippen LogP contribution in [-0.2, 0) is 0 Å². The van der Waals surface area contributed by atoms with Gasteiger partial charge in [-0.3, -0.25) is 0 Å². The van der Waals surface area contributed by atoms with E-state index in [2.05, 4.69) is 0 Å². The van der Waals surface area contributed by atoms with Crippen molar-refractivity contribution in [1.82, 2.24) is 0 Å². The van der Waals surface area contributed by atoms with Gasteiger partial charge in [-0.05, 0) is 6.42 Å². The fourth-order valence-corrected chi connectivity index (χ4v) is 0.274. The van der Waals surface area contributed by atoms with Gasteiger partial charge in [-0.25, -0.2) is 0 Å². The van der Waals surface area contributed by atoms with Crippen LogP contribution in [-0.4, -0.2) is 20.2 Å². The van der Waals surface area contributed by atoms with Crippen molar-refractivity contribution < 1.29 is 4.80 Å². The minimum absolute atomic E-state index is 0.0185. The van der Waals surface area contributed by atoms with E-state index in [4.69, 9.17) is 10.5 Å². The summed E-state index contributed by atoms with van der Waals surface area (Å²) in [5.41, 5.74) is 5.25. The molecule has 0 saturated heterocycles. The van der Waals surface area contributed by atoms with Crippen molar-refractivity contribution in [1.29, 1.82) is 0 Å². The third-order valence-electron chi connectivity index (χ3n) is 0.606. The lowest BCUT2D eigenvalue weighted by atomic mass is 10.5. The van der Waals surface area contributed by atoms with Gasteiger partial charge in [-0.1, -0.05) is 6.92 Å². The van der Waals surface area contributed by atoms with Crippen LogP contribution in [0.25, 0.3) is 0 Å². The summed E-state index contributed by atoms with van der Waals surface area (Å²) >= 11 is 0. The van der Waals surface area contributed by atoms with Gasteiger partial charge in [-0.15, -0.1) is 0 Å². The summed E-state index contributed by atoms with van der Waals surface area (Å²) < 4.78 is 0. The Balaban J connectivity index is 2.75. The molecule has 0 aromatic heterocycles. The maximum atomic E-state index is 8.24. The average Bonchev–Trinajstić information content (AvgIpc) is 1.65. The topological polar surface area (TPSA) is 46.2 Å². The zero-order valence-corrected chi connectivity index (χ0v) is 4.81. The molecule has 2 radical (unpaired) electrons. The first-order valence-electron chi connectivity index (χ1n) is 1.96. The van der Waals surface area contributed by atoms with Gasteiger partial charge in [0, 0.05) is 5.67 Å². The zero-order chi connectivity index (χ0) is 4.99. The Morgan fingerprint density at radius 3 is 2.50 bits per heavy atom.